The van der Waals surface area contributed by atoms with Crippen LogP contribution in [0, 0.1) is 12.3 Å². The van der Waals surface area contributed by atoms with Gasteiger partial charge in [0, 0.05) is 20.0 Å². The van der Waals surface area contributed by atoms with Crippen LogP contribution in [0.25, 0.3) is 0 Å². The zero-order chi connectivity index (χ0) is 14.4. The molecule has 0 atom stereocenters. The van der Waals surface area contributed by atoms with E-state index in [9.17, 15) is 0 Å². The molecule has 1 aromatic heterocycles. The van der Waals surface area contributed by atoms with Gasteiger partial charge in [-0.05, 0) is 31.6 Å². The Labute approximate surface area is 120 Å². The molecule has 1 saturated carbocycles. The van der Waals surface area contributed by atoms with Crippen molar-refractivity contribution in [2.45, 2.75) is 53.0 Å². The zero-order valence-corrected chi connectivity index (χ0v) is 12.7. The van der Waals surface area contributed by atoms with Crippen LogP contribution in [0.1, 0.15) is 51.2 Å². The molecule has 1 aliphatic carbocycles. The summed E-state index contributed by atoms with van der Waals surface area (Å²) in [6.45, 7) is 8.38. The van der Waals surface area contributed by atoms with Gasteiger partial charge in [0.25, 0.3) is 0 Å². The number of aliphatic imine (C=N–C) groups is 1. The maximum Gasteiger partial charge on any atom is 0.223 e. The highest BCUT2D eigenvalue weighted by Gasteiger charge is 2.34. The van der Waals surface area contributed by atoms with Crippen molar-refractivity contribution in [3.8, 4) is 0 Å². The quantitative estimate of drug-likeness (QED) is 0.615. The first kappa shape index (κ1) is 14.8. The summed E-state index contributed by atoms with van der Waals surface area (Å²) in [6.07, 6.45) is 5.22. The second-order valence-electron chi connectivity index (χ2n) is 5.49. The minimum Gasteiger partial charge on any atom is -0.357 e. The van der Waals surface area contributed by atoms with Gasteiger partial charge in [0.2, 0.25) is 5.89 Å². The average molecular weight is 279 g/mol. The first-order valence-electron chi connectivity index (χ1n) is 7.49. The molecule has 6 nitrogen and oxygen atoms in total. The van der Waals surface area contributed by atoms with E-state index in [0.717, 1.165) is 19.0 Å². The predicted molar refractivity (Wildman–Crippen MR) is 78.4 cm³/mol. The summed E-state index contributed by atoms with van der Waals surface area (Å²) in [6, 6.07) is 0. The molecule has 0 amide bonds. The molecule has 6 heteroatoms. The van der Waals surface area contributed by atoms with Gasteiger partial charge in [-0.1, -0.05) is 18.5 Å². The van der Waals surface area contributed by atoms with E-state index >= 15 is 0 Å². The number of hydrogen-bond donors (Lipinski definition) is 2. The average Bonchev–Trinajstić information content (AvgIpc) is 2.81. The molecule has 1 aliphatic rings. The fourth-order valence-electron chi connectivity index (χ4n) is 2.50. The van der Waals surface area contributed by atoms with Gasteiger partial charge < -0.3 is 15.2 Å². The van der Waals surface area contributed by atoms with E-state index in [1.807, 2.05) is 0 Å². The first-order valence-corrected chi connectivity index (χ1v) is 7.49. The second-order valence-corrected chi connectivity index (χ2v) is 5.49. The summed E-state index contributed by atoms with van der Waals surface area (Å²) < 4.78 is 4.94. The third-order valence-corrected chi connectivity index (χ3v) is 4.09. The summed E-state index contributed by atoms with van der Waals surface area (Å²) in [4.78, 5) is 8.66. The molecule has 20 heavy (non-hydrogen) atoms. The number of rotatable bonds is 6. The molecule has 0 unspecified atom stereocenters. The Morgan fingerprint density at radius 3 is 2.65 bits per heavy atom. The zero-order valence-electron chi connectivity index (χ0n) is 12.7. The SMILES string of the molecule is CCNC(=NCc1noc(C)n1)NCC1(CC)CCC1. The van der Waals surface area contributed by atoms with E-state index in [-0.39, 0.29) is 0 Å². The molecular weight excluding hydrogens is 254 g/mol. The number of aromatic nitrogens is 2. The van der Waals surface area contributed by atoms with Gasteiger partial charge in [-0.15, -0.1) is 0 Å². The normalized spacial score (nSPS) is 17.6. The second kappa shape index (κ2) is 6.72. The molecule has 2 rings (SSSR count). The van der Waals surface area contributed by atoms with Crippen molar-refractivity contribution in [3.63, 3.8) is 0 Å². The highest BCUT2D eigenvalue weighted by atomic mass is 16.5. The molecule has 1 fully saturated rings. The minimum atomic E-state index is 0.436. The van der Waals surface area contributed by atoms with Gasteiger partial charge in [-0.3, -0.25) is 0 Å². The van der Waals surface area contributed by atoms with E-state index < -0.39 is 0 Å². The fraction of sp³-hybridized carbons (Fsp3) is 0.786. The number of nitrogens with zero attached hydrogens (tertiary/aromatic N) is 3. The molecule has 0 aromatic carbocycles. The molecule has 0 saturated heterocycles. The highest BCUT2D eigenvalue weighted by Crippen LogP contribution is 2.42. The van der Waals surface area contributed by atoms with Crippen LogP contribution < -0.4 is 10.6 Å². The summed E-state index contributed by atoms with van der Waals surface area (Å²) in [5.41, 5.74) is 0.471. The van der Waals surface area contributed by atoms with E-state index in [1.54, 1.807) is 6.92 Å². The Kier molecular flexibility index (Phi) is 4.98. The van der Waals surface area contributed by atoms with Crippen LogP contribution in [0.5, 0.6) is 0 Å². The van der Waals surface area contributed by atoms with Gasteiger partial charge in [0.15, 0.2) is 11.8 Å². The van der Waals surface area contributed by atoms with Crippen LogP contribution >= 0.6 is 0 Å². The molecule has 0 spiro atoms. The third kappa shape index (κ3) is 3.71. The molecular formula is C14H25N5O. The fourth-order valence-corrected chi connectivity index (χ4v) is 2.50. The van der Waals surface area contributed by atoms with Crippen LogP contribution in [-0.4, -0.2) is 29.2 Å². The van der Waals surface area contributed by atoms with Crippen molar-refractivity contribution in [1.82, 2.24) is 20.8 Å². The van der Waals surface area contributed by atoms with Gasteiger partial charge in [0.05, 0.1) is 0 Å². The van der Waals surface area contributed by atoms with E-state index in [2.05, 4.69) is 39.6 Å². The van der Waals surface area contributed by atoms with E-state index in [4.69, 9.17) is 4.52 Å². The molecule has 0 aliphatic heterocycles. The van der Waals surface area contributed by atoms with Crippen molar-refractivity contribution in [2.24, 2.45) is 10.4 Å². The van der Waals surface area contributed by atoms with E-state index in [0.29, 0.717) is 23.7 Å². The number of aryl methyl sites for hydroxylation is 1. The first-order chi connectivity index (χ1) is 9.67. The molecule has 1 heterocycles. The predicted octanol–water partition coefficient (Wildman–Crippen LogP) is 2.01. The monoisotopic (exact) mass is 279 g/mol. The minimum absolute atomic E-state index is 0.436. The molecule has 2 N–H and O–H groups in total. The van der Waals surface area contributed by atoms with Crippen LogP contribution in [0.2, 0.25) is 0 Å². The Balaban J connectivity index is 1.88. The molecule has 0 bridgehead atoms. The van der Waals surface area contributed by atoms with Crippen LogP contribution in [0.15, 0.2) is 9.52 Å². The standard InChI is InChI=1S/C14H25N5O/c1-4-14(7-6-8-14)10-17-13(15-5-2)16-9-12-18-11(3)20-19-12/h4-10H2,1-3H3,(H2,15,16,17). The number of nitrogens with one attached hydrogen (secondary N) is 2. The van der Waals surface area contributed by atoms with Crippen molar-refractivity contribution in [3.05, 3.63) is 11.7 Å². The Morgan fingerprint density at radius 1 is 1.35 bits per heavy atom. The topological polar surface area (TPSA) is 75.3 Å². The van der Waals surface area contributed by atoms with Crippen LogP contribution in [0.3, 0.4) is 0 Å². The molecule has 0 radical (unpaired) electrons. The Bertz CT molecular complexity index is 445. The maximum absolute atomic E-state index is 4.94. The van der Waals surface area contributed by atoms with Gasteiger partial charge in [0.1, 0.15) is 6.54 Å². The number of guanidine groups is 1. The van der Waals surface area contributed by atoms with E-state index in [1.165, 1.54) is 25.7 Å². The summed E-state index contributed by atoms with van der Waals surface area (Å²) in [5.74, 6) is 2.02. The lowest BCUT2D eigenvalue weighted by Gasteiger charge is -2.41. The highest BCUT2D eigenvalue weighted by molar-refractivity contribution is 5.79. The maximum atomic E-state index is 4.94. The lowest BCUT2D eigenvalue weighted by molar-refractivity contribution is 0.131. The third-order valence-electron chi connectivity index (χ3n) is 4.09. The molecule has 112 valence electrons. The van der Waals surface area contributed by atoms with Gasteiger partial charge in [-0.25, -0.2) is 4.99 Å². The van der Waals surface area contributed by atoms with Gasteiger partial charge >= 0.3 is 0 Å². The number of hydrogen-bond acceptors (Lipinski definition) is 4. The summed E-state index contributed by atoms with van der Waals surface area (Å²) in [7, 11) is 0. The Morgan fingerprint density at radius 2 is 2.15 bits per heavy atom. The smallest absolute Gasteiger partial charge is 0.223 e. The summed E-state index contributed by atoms with van der Waals surface area (Å²) >= 11 is 0. The van der Waals surface area contributed by atoms with Crippen LogP contribution in [0.4, 0.5) is 0 Å². The molecule has 1 aromatic rings. The lowest BCUT2D eigenvalue weighted by atomic mass is 9.67. The summed E-state index contributed by atoms with van der Waals surface area (Å²) in [5, 5.41) is 10.6. The van der Waals surface area contributed by atoms with Crippen molar-refractivity contribution < 1.29 is 4.52 Å². The lowest BCUT2D eigenvalue weighted by Crippen LogP contribution is -2.46. The Hall–Kier alpha value is -1.59. The van der Waals surface area contributed by atoms with Gasteiger partial charge in [-0.2, -0.15) is 4.98 Å². The largest absolute Gasteiger partial charge is 0.357 e. The van der Waals surface area contributed by atoms with Crippen molar-refractivity contribution in [2.75, 3.05) is 13.1 Å². The van der Waals surface area contributed by atoms with Crippen LogP contribution in [-0.2, 0) is 6.54 Å². The van der Waals surface area contributed by atoms with Crippen molar-refractivity contribution >= 4 is 5.96 Å². The van der Waals surface area contributed by atoms with Crippen molar-refractivity contribution in [1.29, 1.82) is 0 Å².